The van der Waals surface area contributed by atoms with Crippen LogP contribution in [-0.2, 0) is 4.79 Å². The highest BCUT2D eigenvalue weighted by atomic mass is 32.2. The van der Waals surface area contributed by atoms with Crippen LogP contribution in [0.4, 0.5) is 5.69 Å². The summed E-state index contributed by atoms with van der Waals surface area (Å²) in [6, 6.07) is 8.07. The highest BCUT2D eigenvalue weighted by Gasteiger charge is 2.17. The van der Waals surface area contributed by atoms with Gasteiger partial charge in [0.2, 0.25) is 5.91 Å². The minimum Gasteiger partial charge on any atom is -0.311 e. The molecule has 0 aliphatic rings. The Morgan fingerprint density at radius 1 is 1.36 bits per heavy atom. The lowest BCUT2D eigenvalue weighted by Gasteiger charge is -2.22. The van der Waals surface area contributed by atoms with E-state index in [1.165, 1.54) is 18.1 Å². The van der Waals surface area contributed by atoms with Crippen molar-refractivity contribution in [1.82, 2.24) is 15.2 Å². The lowest BCUT2D eigenvalue weighted by molar-refractivity contribution is -0.116. The lowest BCUT2D eigenvalue weighted by atomic mass is 10.1. The maximum Gasteiger partial charge on any atom is 0.237 e. The van der Waals surface area contributed by atoms with Crippen molar-refractivity contribution in [3.8, 4) is 6.07 Å². The van der Waals surface area contributed by atoms with E-state index in [9.17, 15) is 4.79 Å². The van der Waals surface area contributed by atoms with Gasteiger partial charge in [0, 0.05) is 12.2 Å². The smallest absolute Gasteiger partial charge is 0.237 e. The van der Waals surface area contributed by atoms with E-state index < -0.39 is 0 Å². The van der Waals surface area contributed by atoms with Gasteiger partial charge in [0.05, 0.1) is 18.2 Å². The van der Waals surface area contributed by atoms with Crippen LogP contribution in [0.5, 0.6) is 0 Å². The topological polar surface area (TPSA) is 85.7 Å². The molecule has 0 bridgehead atoms. The molecule has 1 N–H and O–H groups in total. The molecule has 0 unspecified atom stereocenters. The van der Waals surface area contributed by atoms with Gasteiger partial charge in [0.25, 0.3) is 0 Å². The summed E-state index contributed by atoms with van der Waals surface area (Å²) in [5, 5.41) is 15.9. The maximum absolute atomic E-state index is 12.5. The van der Waals surface area contributed by atoms with E-state index in [0.29, 0.717) is 18.1 Å². The van der Waals surface area contributed by atoms with Gasteiger partial charge in [-0.05, 0) is 37.1 Å². The summed E-state index contributed by atoms with van der Waals surface area (Å²) in [7, 11) is 0. The van der Waals surface area contributed by atoms with Crippen molar-refractivity contribution in [2.75, 3.05) is 17.2 Å². The number of thioether (sulfide) groups is 1. The second-order valence-corrected chi connectivity index (χ2v) is 5.84. The molecule has 22 heavy (non-hydrogen) atoms. The molecule has 1 heterocycles. The number of aryl methyl sites for hydroxylation is 2. The standard InChI is InChI=1S/C15H17N5OS/c1-11-6-12(2)8-13(7-11)20(5-3-4-16)14(21)9-22-15-17-10-18-19-15/h6-8,10H,3,5,9H2,1-2H3,(H,17,18,19). The summed E-state index contributed by atoms with van der Waals surface area (Å²) >= 11 is 1.30. The molecule has 0 fully saturated rings. The minimum atomic E-state index is -0.0540. The van der Waals surface area contributed by atoms with Crippen LogP contribution in [0.2, 0.25) is 0 Å². The highest BCUT2D eigenvalue weighted by Crippen LogP contribution is 2.21. The number of amides is 1. The van der Waals surface area contributed by atoms with Gasteiger partial charge in [0.15, 0.2) is 5.16 Å². The first-order valence-corrected chi connectivity index (χ1v) is 7.82. The van der Waals surface area contributed by atoms with Crippen LogP contribution in [0.25, 0.3) is 0 Å². The fourth-order valence-corrected chi connectivity index (χ4v) is 2.79. The zero-order valence-electron chi connectivity index (χ0n) is 12.5. The number of aromatic nitrogens is 3. The van der Waals surface area contributed by atoms with Crippen molar-refractivity contribution in [3.63, 3.8) is 0 Å². The molecule has 0 aliphatic heterocycles. The third-order valence-corrected chi connectivity index (χ3v) is 3.85. The molecule has 1 aromatic heterocycles. The molecule has 1 aromatic carbocycles. The Balaban J connectivity index is 2.13. The van der Waals surface area contributed by atoms with Crippen LogP contribution < -0.4 is 4.90 Å². The quantitative estimate of drug-likeness (QED) is 0.828. The molecule has 114 valence electrons. The van der Waals surface area contributed by atoms with Gasteiger partial charge in [-0.2, -0.15) is 10.4 Å². The summed E-state index contributed by atoms with van der Waals surface area (Å²) in [6.07, 6.45) is 1.70. The molecular formula is C15H17N5OS. The van der Waals surface area contributed by atoms with E-state index in [2.05, 4.69) is 27.3 Å². The zero-order valence-corrected chi connectivity index (χ0v) is 13.4. The van der Waals surface area contributed by atoms with Gasteiger partial charge >= 0.3 is 0 Å². The molecule has 6 nitrogen and oxygen atoms in total. The fraction of sp³-hybridized carbons (Fsp3) is 0.333. The number of hydrogen-bond donors (Lipinski definition) is 1. The second kappa shape index (κ2) is 7.61. The van der Waals surface area contributed by atoms with E-state index in [1.807, 2.05) is 26.0 Å². The van der Waals surface area contributed by atoms with Crippen LogP contribution in [0.1, 0.15) is 17.5 Å². The summed E-state index contributed by atoms with van der Waals surface area (Å²) in [6.45, 7) is 4.37. The Bertz CT molecular complexity index is 657. The van der Waals surface area contributed by atoms with Gasteiger partial charge in [-0.1, -0.05) is 17.8 Å². The average Bonchev–Trinajstić information content (AvgIpc) is 2.98. The minimum absolute atomic E-state index is 0.0540. The van der Waals surface area contributed by atoms with E-state index in [4.69, 9.17) is 5.26 Å². The summed E-state index contributed by atoms with van der Waals surface area (Å²) in [5.41, 5.74) is 3.01. The third-order valence-electron chi connectivity index (χ3n) is 2.99. The van der Waals surface area contributed by atoms with Gasteiger partial charge in [-0.25, -0.2) is 4.98 Å². The Morgan fingerprint density at radius 2 is 2.09 bits per heavy atom. The number of hydrogen-bond acceptors (Lipinski definition) is 5. The van der Waals surface area contributed by atoms with Crippen LogP contribution in [0, 0.1) is 25.2 Å². The Morgan fingerprint density at radius 3 is 2.68 bits per heavy atom. The number of carbonyl (C=O) groups excluding carboxylic acids is 1. The Kier molecular flexibility index (Phi) is 5.55. The number of H-pyrrole nitrogens is 1. The molecule has 0 atom stereocenters. The van der Waals surface area contributed by atoms with E-state index in [-0.39, 0.29) is 11.7 Å². The molecule has 0 radical (unpaired) electrons. The number of nitrogens with zero attached hydrogens (tertiary/aromatic N) is 4. The number of aromatic amines is 1. The molecule has 7 heteroatoms. The van der Waals surface area contributed by atoms with Gasteiger partial charge in [-0.15, -0.1) is 0 Å². The fourth-order valence-electron chi connectivity index (χ4n) is 2.14. The van der Waals surface area contributed by atoms with Crippen LogP contribution in [0.15, 0.2) is 29.7 Å². The van der Waals surface area contributed by atoms with E-state index in [0.717, 1.165) is 16.8 Å². The first-order chi connectivity index (χ1) is 10.6. The van der Waals surface area contributed by atoms with Crippen molar-refractivity contribution in [2.45, 2.75) is 25.4 Å². The van der Waals surface area contributed by atoms with Crippen molar-refractivity contribution < 1.29 is 4.79 Å². The van der Waals surface area contributed by atoms with Crippen molar-refractivity contribution in [2.24, 2.45) is 0 Å². The number of nitriles is 1. The third kappa shape index (κ3) is 4.33. The largest absolute Gasteiger partial charge is 0.311 e. The highest BCUT2D eigenvalue weighted by molar-refractivity contribution is 7.99. The number of nitrogens with one attached hydrogen (secondary N) is 1. The number of carbonyl (C=O) groups is 1. The number of benzene rings is 1. The molecule has 2 aromatic rings. The molecule has 2 rings (SSSR count). The normalized spacial score (nSPS) is 10.2. The summed E-state index contributed by atoms with van der Waals surface area (Å²) in [4.78, 5) is 18.1. The lowest BCUT2D eigenvalue weighted by Crippen LogP contribution is -2.33. The van der Waals surface area contributed by atoms with Gasteiger partial charge in [0.1, 0.15) is 6.33 Å². The number of rotatable bonds is 6. The maximum atomic E-state index is 12.5. The van der Waals surface area contributed by atoms with E-state index in [1.54, 1.807) is 4.90 Å². The first kappa shape index (κ1) is 16.0. The molecule has 0 saturated carbocycles. The van der Waals surface area contributed by atoms with Crippen molar-refractivity contribution in [1.29, 1.82) is 5.26 Å². The van der Waals surface area contributed by atoms with Crippen molar-refractivity contribution >= 4 is 23.4 Å². The first-order valence-electron chi connectivity index (χ1n) is 6.84. The molecule has 0 saturated heterocycles. The van der Waals surface area contributed by atoms with Crippen LogP contribution in [0.3, 0.4) is 0 Å². The summed E-state index contributed by atoms with van der Waals surface area (Å²) < 4.78 is 0. The molecule has 1 amide bonds. The van der Waals surface area contributed by atoms with Gasteiger partial charge in [-0.3, -0.25) is 9.89 Å². The second-order valence-electron chi connectivity index (χ2n) is 4.88. The van der Waals surface area contributed by atoms with Crippen LogP contribution in [-0.4, -0.2) is 33.4 Å². The molecule has 0 spiro atoms. The average molecular weight is 315 g/mol. The SMILES string of the molecule is Cc1cc(C)cc(N(CCC#N)C(=O)CSc2ncn[nH]2)c1. The Labute approximate surface area is 133 Å². The monoisotopic (exact) mass is 315 g/mol. The molecular weight excluding hydrogens is 298 g/mol. The van der Waals surface area contributed by atoms with Gasteiger partial charge < -0.3 is 4.90 Å². The Hall–Kier alpha value is -2.33. The predicted octanol–water partition coefficient (Wildman–Crippen LogP) is 2.46. The van der Waals surface area contributed by atoms with Crippen molar-refractivity contribution in [3.05, 3.63) is 35.7 Å². The predicted molar refractivity (Wildman–Crippen MR) is 85.6 cm³/mol. The number of anilines is 1. The summed E-state index contributed by atoms with van der Waals surface area (Å²) in [5.74, 6) is 0.190. The molecule has 0 aliphatic carbocycles. The zero-order chi connectivity index (χ0) is 15.9. The van der Waals surface area contributed by atoms with Crippen LogP contribution >= 0.6 is 11.8 Å². The van der Waals surface area contributed by atoms with E-state index >= 15 is 0 Å².